The normalized spacial score (nSPS) is 18.0. The van der Waals surface area contributed by atoms with Crippen molar-refractivity contribution in [3.8, 4) is 0 Å². The molecule has 1 fully saturated rings. The fourth-order valence-electron chi connectivity index (χ4n) is 4.09. The van der Waals surface area contributed by atoms with Gasteiger partial charge in [-0.15, -0.1) is 0 Å². The Morgan fingerprint density at radius 1 is 1.21 bits per heavy atom. The van der Waals surface area contributed by atoms with Crippen LogP contribution < -0.4 is 5.48 Å². The summed E-state index contributed by atoms with van der Waals surface area (Å²) in [5, 5.41) is 9.87. The van der Waals surface area contributed by atoms with Gasteiger partial charge in [0.2, 0.25) is 0 Å². The summed E-state index contributed by atoms with van der Waals surface area (Å²) >= 11 is 0. The summed E-state index contributed by atoms with van der Waals surface area (Å²) in [6.07, 6.45) is 7.62. The lowest BCUT2D eigenvalue weighted by Gasteiger charge is -2.32. The van der Waals surface area contributed by atoms with Crippen molar-refractivity contribution in [3.63, 3.8) is 0 Å². The Morgan fingerprint density at radius 2 is 2.04 bits per heavy atom. The molecular weight excluding hydrogens is 350 g/mol. The van der Waals surface area contributed by atoms with Crippen LogP contribution >= 0.6 is 0 Å². The van der Waals surface area contributed by atoms with Crippen LogP contribution in [0.3, 0.4) is 0 Å². The molecule has 0 bridgehead atoms. The van der Waals surface area contributed by atoms with Gasteiger partial charge in [-0.1, -0.05) is 42.5 Å². The topological polar surface area (TPSA) is 68.4 Å². The van der Waals surface area contributed by atoms with Crippen LogP contribution in [0.2, 0.25) is 0 Å². The standard InChI is InChI=1S/C23H25N3O2/c27-23(25-28)12-11-17-7-9-18(10-8-17)15-26-13-3-4-19(16-26)21-14-24-22-6-2-1-5-20(21)22/h1-2,5-12,14,19,24,28H,3-4,13,15-16H2,(H,25,27)/b12-11+. The molecule has 28 heavy (non-hydrogen) atoms. The minimum absolute atomic E-state index is 0.527. The van der Waals surface area contributed by atoms with Gasteiger partial charge in [-0.2, -0.15) is 0 Å². The zero-order valence-corrected chi connectivity index (χ0v) is 15.8. The molecular formula is C23H25N3O2. The maximum absolute atomic E-state index is 11.1. The Kier molecular flexibility index (Phi) is 5.55. The van der Waals surface area contributed by atoms with Crippen LogP contribution in [0.1, 0.15) is 35.4 Å². The number of aromatic amines is 1. The number of hydrogen-bond donors (Lipinski definition) is 3. The smallest absolute Gasteiger partial charge is 0.267 e. The van der Waals surface area contributed by atoms with E-state index in [4.69, 9.17) is 5.21 Å². The van der Waals surface area contributed by atoms with Gasteiger partial charge in [-0.25, -0.2) is 5.48 Å². The van der Waals surface area contributed by atoms with Gasteiger partial charge < -0.3 is 4.98 Å². The van der Waals surface area contributed by atoms with E-state index in [0.29, 0.717) is 5.92 Å². The summed E-state index contributed by atoms with van der Waals surface area (Å²) in [7, 11) is 0. The first-order valence-corrected chi connectivity index (χ1v) is 9.72. The summed E-state index contributed by atoms with van der Waals surface area (Å²) in [6, 6.07) is 16.7. The first-order valence-electron chi connectivity index (χ1n) is 9.72. The number of benzene rings is 2. The SMILES string of the molecule is O=C(/C=C/c1ccc(CN2CCCC(c3c[nH]c4ccccc34)C2)cc1)NO. The van der Waals surface area contributed by atoms with Gasteiger partial charge >= 0.3 is 0 Å². The number of aromatic nitrogens is 1. The molecule has 2 aromatic carbocycles. The van der Waals surface area contributed by atoms with Crippen molar-refractivity contribution in [3.05, 3.63) is 77.5 Å². The highest BCUT2D eigenvalue weighted by Crippen LogP contribution is 2.32. The number of para-hydroxylation sites is 1. The number of amides is 1. The lowest BCUT2D eigenvalue weighted by molar-refractivity contribution is -0.124. The Morgan fingerprint density at radius 3 is 2.86 bits per heavy atom. The number of likely N-dealkylation sites (tertiary alicyclic amines) is 1. The Bertz CT molecular complexity index is 975. The fraction of sp³-hybridized carbons (Fsp3) is 0.261. The second-order valence-electron chi connectivity index (χ2n) is 7.41. The predicted molar refractivity (Wildman–Crippen MR) is 111 cm³/mol. The monoisotopic (exact) mass is 375 g/mol. The van der Waals surface area contributed by atoms with E-state index in [9.17, 15) is 4.79 Å². The molecule has 0 spiro atoms. The number of carbonyl (C=O) groups is 1. The second kappa shape index (κ2) is 8.42. The Hall–Kier alpha value is -2.89. The van der Waals surface area contributed by atoms with E-state index in [2.05, 4.69) is 52.5 Å². The highest BCUT2D eigenvalue weighted by Gasteiger charge is 2.23. The maximum Gasteiger partial charge on any atom is 0.267 e. The summed E-state index contributed by atoms with van der Waals surface area (Å²) in [5.74, 6) is 0.0322. The Balaban J connectivity index is 1.41. The minimum Gasteiger partial charge on any atom is -0.361 e. The third kappa shape index (κ3) is 4.16. The first-order chi connectivity index (χ1) is 13.7. The third-order valence-electron chi connectivity index (χ3n) is 5.49. The van der Waals surface area contributed by atoms with Crippen LogP contribution in [-0.2, 0) is 11.3 Å². The number of nitrogens with one attached hydrogen (secondary N) is 2. The molecule has 0 radical (unpaired) electrons. The van der Waals surface area contributed by atoms with Gasteiger partial charge in [0.05, 0.1) is 0 Å². The zero-order valence-electron chi connectivity index (χ0n) is 15.8. The summed E-state index contributed by atoms with van der Waals surface area (Å²) in [6.45, 7) is 3.12. The number of H-pyrrole nitrogens is 1. The van der Waals surface area contributed by atoms with E-state index < -0.39 is 5.91 Å². The van der Waals surface area contributed by atoms with Crippen LogP contribution in [-0.4, -0.2) is 34.1 Å². The van der Waals surface area contributed by atoms with Gasteiger partial charge in [-0.3, -0.25) is 14.9 Å². The Labute approximate surface area is 164 Å². The van der Waals surface area contributed by atoms with Crippen LogP contribution in [0.15, 0.2) is 60.8 Å². The number of carbonyl (C=O) groups excluding carboxylic acids is 1. The molecule has 3 aromatic rings. The molecule has 1 unspecified atom stereocenters. The van der Waals surface area contributed by atoms with Crippen molar-refractivity contribution < 1.29 is 10.0 Å². The molecule has 1 aromatic heterocycles. The molecule has 1 aliphatic rings. The van der Waals surface area contributed by atoms with E-state index in [1.165, 1.54) is 40.9 Å². The maximum atomic E-state index is 11.1. The molecule has 1 saturated heterocycles. The van der Waals surface area contributed by atoms with Crippen LogP contribution in [0.4, 0.5) is 0 Å². The van der Waals surface area contributed by atoms with Gasteiger partial charge in [0.15, 0.2) is 0 Å². The van der Waals surface area contributed by atoms with Crippen molar-refractivity contribution in [2.45, 2.75) is 25.3 Å². The molecule has 144 valence electrons. The molecule has 5 nitrogen and oxygen atoms in total. The molecule has 5 heteroatoms. The summed E-state index contributed by atoms with van der Waals surface area (Å²) < 4.78 is 0. The summed E-state index contributed by atoms with van der Waals surface area (Å²) in [5.41, 5.74) is 6.44. The van der Waals surface area contributed by atoms with Crippen molar-refractivity contribution in [1.82, 2.24) is 15.4 Å². The first kappa shape index (κ1) is 18.5. The molecule has 1 aliphatic heterocycles. The number of nitrogens with zero attached hydrogens (tertiary/aromatic N) is 1. The molecule has 1 atom stereocenters. The van der Waals surface area contributed by atoms with Crippen LogP contribution in [0.25, 0.3) is 17.0 Å². The zero-order chi connectivity index (χ0) is 19.3. The molecule has 4 rings (SSSR count). The van der Waals surface area contributed by atoms with Crippen LogP contribution in [0, 0.1) is 0 Å². The second-order valence-corrected chi connectivity index (χ2v) is 7.41. The van der Waals surface area contributed by atoms with Crippen molar-refractivity contribution in [1.29, 1.82) is 0 Å². The lowest BCUT2D eigenvalue weighted by atomic mass is 9.90. The third-order valence-corrected chi connectivity index (χ3v) is 5.49. The van der Waals surface area contributed by atoms with Crippen molar-refractivity contribution in [2.24, 2.45) is 0 Å². The van der Waals surface area contributed by atoms with Crippen molar-refractivity contribution in [2.75, 3.05) is 13.1 Å². The lowest BCUT2D eigenvalue weighted by Crippen LogP contribution is -2.33. The number of rotatable bonds is 5. The molecule has 0 aliphatic carbocycles. The van der Waals surface area contributed by atoms with E-state index in [0.717, 1.165) is 25.2 Å². The number of hydroxylamine groups is 1. The quantitative estimate of drug-likeness (QED) is 0.358. The fourth-order valence-corrected chi connectivity index (χ4v) is 4.09. The van der Waals surface area contributed by atoms with Gasteiger partial charge in [0.1, 0.15) is 0 Å². The molecule has 1 amide bonds. The largest absolute Gasteiger partial charge is 0.361 e. The highest BCUT2D eigenvalue weighted by atomic mass is 16.5. The van der Waals surface area contributed by atoms with Crippen molar-refractivity contribution >= 4 is 22.9 Å². The van der Waals surface area contributed by atoms with Gasteiger partial charge in [0, 0.05) is 36.3 Å². The predicted octanol–water partition coefficient (Wildman–Crippen LogP) is 4.07. The van der Waals surface area contributed by atoms with Crippen LogP contribution in [0.5, 0.6) is 0 Å². The van der Waals surface area contributed by atoms with Gasteiger partial charge in [-0.05, 0) is 54.1 Å². The molecule has 0 saturated carbocycles. The van der Waals surface area contributed by atoms with Gasteiger partial charge in [0.25, 0.3) is 5.91 Å². The number of piperidine rings is 1. The molecule has 3 N–H and O–H groups in total. The van der Waals surface area contributed by atoms with E-state index in [1.54, 1.807) is 11.6 Å². The number of hydrogen-bond acceptors (Lipinski definition) is 3. The average Bonchev–Trinajstić information content (AvgIpc) is 3.17. The number of fused-ring (bicyclic) bond motifs is 1. The van der Waals surface area contributed by atoms with E-state index >= 15 is 0 Å². The average molecular weight is 375 g/mol. The van der Waals surface area contributed by atoms with E-state index in [-0.39, 0.29) is 0 Å². The molecule has 2 heterocycles. The highest BCUT2D eigenvalue weighted by molar-refractivity contribution is 5.90. The summed E-state index contributed by atoms with van der Waals surface area (Å²) in [4.78, 5) is 17.0. The van der Waals surface area contributed by atoms with E-state index in [1.807, 2.05) is 12.1 Å². The minimum atomic E-state index is -0.527.